The van der Waals surface area contributed by atoms with E-state index in [9.17, 15) is 4.39 Å². The van der Waals surface area contributed by atoms with Crippen LogP contribution in [0.3, 0.4) is 0 Å². The third-order valence-electron chi connectivity index (χ3n) is 3.49. The number of rotatable bonds is 2. The van der Waals surface area contributed by atoms with Crippen molar-refractivity contribution in [2.45, 2.75) is 32.4 Å². The van der Waals surface area contributed by atoms with E-state index in [1.165, 1.54) is 0 Å². The summed E-state index contributed by atoms with van der Waals surface area (Å²) in [7, 11) is 0. The summed E-state index contributed by atoms with van der Waals surface area (Å²) in [6, 6.07) is 3.40. The molecule has 0 radical (unpaired) electrons. The highest BCUT2D eigenvalue weighted by molar-refractivity contribution is 5.73. The van der Waals surface area contributed by atoms with Crippen LogP contribution in [0.25, 0.3) is 11.3 Å². The third kappa shape index (κ3) is 2.27. The summed E-state index contributed by atoms with van der Waals surface area (Å²) in [4.78, 5) is 3.85. The molecule has 0 aliphatic carbocycles. The molecule has 0 bridgehead atoms. The average Bonchev–Trinajstić information content (AvgIpc) is 2.87. The summed E-state index contributed by atoms with van der Waals surface area (Å²) in [5, 5.41) is 4.26. The summed E-state index contributed by atoms with van der Waals surface area (Å²) in [5.41, 5.74) is 7.78. The maximum atomic E-state index is 14.1. The van der Waals surface area contributed by atoms with Gasteiger partial charge in [-0.15, -0.1) is 0 Å². The van der Waals surface area contributed by atoms with Gasteiger partial charge in [0.05, 0.1) is 11.3 Å². The van der Waals surface area contributed by atoms with Crippen molar-refractivity contribution in [2.75, 3.05) is 12.3 Å². The van der Waals surface area contributed by atoms with Gasteiger partial charge in [-0.3, -0.25) is 0 Å². The quantitative estimate of drug-likeness (QED) is 0.856. The lowest BCUT2D eigenvalue weighted by molar-refractivity contribution is -0.0383. The van der Waals surface area contributed by atoms with Crippen LogP contribution in [0.4, 0.5) is 10.1 Å². The number of ether oxygens (including phenoxy) is 1. The van der Waals surface area contributed by atoms with Crippen LogP contribution < -0.4 is 5.73 Å². The van der Waals surface area contributed by atoms with E-state index in [-0.39, 0.29) is 6.23 Å². The van der Waals surface area contributed by atoms with Gasteiger partial charge < -0.3 is 10.5 Å². The van der Waals surface area contributed by atoms with Gasteiger partial charge in [-0.1, -0.05) is 0 Å². The van der Waals surface area contributed by atoms with Crippen LogP contribution in [-0.2, 0) is 4.74 Å². The molecule has 2 aromatic rings. The Kier molecular flexibility index (Phi) is 3.40. The van der Waals surface area contributed by atoms with Crippen LogP contribution in [0, 0.1) is 12.9 Å². The van der Waals surface area contributed by atoms with Crippen molar-refractivity contribution in [1.82, 2.24) is 14.8 Å². The lowest BCUT2D eigenvalue weighted by Crippen LogP contribution is -2.20. The Bertz CT molecular complexity index is 596. The fourth-order valence-corrected chi connectivity index (χ4v) is 2.57. The summed E-state index contributed by atoms with van der Waals surface area (Å²) >= 11 is 0. The molecule has 1 aliphatic rings. The van der Waals surface area contributed by atoms with E-state index in [1.807, 2.05) is 0 Å². The van der Waals surface area contributed by atoms with E-state index in [0.717, 1.165) is 19.3 Å². The van der Waals surface area contributed by atoms with Crippen molar-refractivity contribution < 1.29 is 9.13 Å². The normalized spacial score (nSPS) is 19.2. The Morgan fingerprint density at radius 3 is 3.00 bits per heavy atom. The average molecular weight is 276 g/mol. The molecule has 1 fully saturated rings. The SMILES string of the molecule is Cc1cc(N)c(-c2ccnn2C2CCCCO2)c(F)n1. The lowest BCUT2D eigenvalue weighted by Gasteiger charge is -2.24. The van der Waals surface area contributed by atoms with Gasteiger partial charge in [0, 0.05) is 24.2 Å². The van der Waals surface area contributed by atoms with Gasteiger partial charge in [-0.05, 0) is 38.3 Å². The molecule has 6 heteroatoms. The fraction of sp³-hybridized carbons (Fsp3) is 0.429. The van der Waals surface area contributed by atoms with Crippen LogP contribution in [-0.4, -0.2) is 21.4 Å². The Balaban J connectivity index is 2.05. The van der Waals surface area contributed by atoms with Crippen LogP contribution in [0.15, 0.2) is 18.3 Å². The molecule has 1 unspecified atom stereocenters. The van der Waals surface area contributed by atoms with Gasteiger partial charge in [-0.25, -0.2) is 9.67 Å². The van der Waals surface area contributed by atoms with Crippen LogP contribution in [0.2, 0.25) is 0 Å². The highest BCUT2D eigenvalue weighted by Crippen LogP contribution is 2.32. The lowest BCUT2D eigenvalue weighted by atomic mass is 10.1. The smallest absolute Gasteiger partial charge is 0.224 e. The van der Waals surface area contributed by atoms with Crippen LogP contribution in [0.5, 0.6) is 0 Å². The van der Waals surface area contributed by atoms with Crippen molar-refractivity contribution >= 4 is 5.69 Å². The molecule has 0 saturated carbocycles. The number of halogens is 1. The molecule has 0 spiro atoms. The Morgan fingerprint density at radius 2 is 2.30 bits per heavy atom. The number of anilines is 1. The third-order valence-corrected chi connectivity index (χ3v) is 3.49. The Labute approximate surface area is 116 Å². The molecule has 1 aliphatic heterocycles. The second-order valence-corrected chi connectivity index (χ2v) is 5.00. The molecule has 0 amide bonds. The van der Waals surface area contributed by atoms with Gasteiger partial charge >= 0.3 is 0 Å². The van der Waals surface area contributed by atoms with Gasteiger partial charge in [-0.2, -0.15) is 9.49 Å². The molecule has 1 atom stereocenters. The number of nitrogen functional groups attached to an aromatic ring is 1. The van der Waals surface area contributed by atoms with E-state index >= 15 is 0 Å². The van der Waals surface area contributed by atoms with Crippen molar-refractivity contribution in [3.63, 3.8) is 0 Å². The highest BCUT2D eigenvalue weighted by Gasteiger charge is 2.22. The highest BCUT2D eigenvalue weighted by atomic mass is 19.1. The van der Waals surface area contributed by atoms with Crippen molar-refractivity contribution in [1.29, 1.82) is 0 Å². The topological polar surface area (TPSA) is 66.0 Å². The second kappa shape index (κ2) is 5.20. The first-order valence-corrected chi connectivity index (χ1v) is 6.75. The van der Waals surface area contributed by atoms with Crippen molar-refractivity contribution in [2.24, 2.45) is 0 Å². The molecular weight excluding hydrogens is 259 g/mol. The van der Waals surface area contributed by atoms with Gasteiger partial charge in [0.25, 0.3) is 0 Å². The number of aromatic nitrogens is 3. The minimum Gasteiger partial charge on any atom is -0.398 e. The first-order chi connectivity index (χ1) is 9.66. The number of nitrogens with two attached hydrogens (primary N) is 1. The Morgan fingerprint density at radius 1 is 1.45 bits per heavy atom. The summed E-state index contributed by atoms with van der Waals surface area (Å²) in [5.74, 6) is -0.569. The first-order valence-electron chi connectivity index (χ1n) is 6.75. The fourth-order valence-electron chi connectivity index (χ4n) is 2.57. The minimum absolute atomic E-state index is 0.158. The molecule has 5 nitrogen and oxygen atoms in total. The number of pyridine rings is 1. The molecule has 20 heavy (non-hydrogen) atoms. The van der Waals surface area contributed by atoms with E-state index < -0.39 is 5.95 Å². The molecule has 1 saturated heterocycles. The first kappa shape index (κ1) is 13.1. The second-order valence-electron chi connectivity index (χ2n) is 5.00. The predicted molar refractivity (Wildman–Crippen MR) is 73.4 cm³/mol. The largest absolute Gasteiger partial charge is 0.398 e. The van der Waals surface area contributed by atoms with Gasteiger partial charge in [0.2, 0.25) is 5.95 Å². The molecule has 0 aromatic carbocycles. The summed E-state index contributed by atoms with van der Waals surface area (Å²) in [6.45, 7) is 2.42. The number of nitrogens with zero attached hydrogens (tertiary/aromatic N) is 3. The zero-order valence-corrected chi connectivity index (χ0v) is 11.3. The molecule has 106 valence electrons. The zero-order valence-electron chi connectivity index (χ0n) is 11.3. The van der Waals surface area contributed by atoms with E-state index in [2.05, 4.69) is 10.1 Å². The standard InChI is InChI=1S/C14H17FN4O/c1-9-8-10(16)13(14(15)18-9)11-5-6-17-19(11)12-4-2-3-7-20-12/h5-6,8,12H,2-4,7H2,1H3,(H2,16,18). The van der Waals surface area contributed by atoms with Crippen molar-refractivity contribution in [3.05, 3.63) is 30.0 Å². The minimum atomic E-state index is -0.569. The van der Waals surface area contributed by atoms with Gasteiger partial charge in [0.1, 0.15) is 0 Å². The molecule has 2 aromatic heterocycles. The summed E-state index contributed by atoms with van der Waals surface area (Å²) in [6.07, 6.45) is 4.47. The van der Waals surface area contributed by atoms with E-state index in [4.69, 9.17) is 10.5 Å². The molecule has 2 N–H and O–H groups in total. The van der Waals surface area contributed by atoms with Gasteiger partial charge in [0.15, 0.2) is 6.23 Å². The van der Waals surface area contributed by atoms with Crippen molar-refractivity contribution in [3.8, 4) is 11.3 Å². The number of aryl methyl sites for hydroxylation is 1. The monoisotopic (exact) mass is 276 g/mol. The van der Waals surface area contributed by atoms with E-state index in [1.54, 1.807) is 29.9 Å². The van der Waals surface area contributed by atoms with Crippen LogP contribution >= 0.6 is 0 Å². The molecule has 3 rings (SSSR count). The van der Waals surface area contributed by atoms with Crippen LogP contribution in [0.1, 0.15) is 31.2 Å². The predicted octanol–water partition coefficient (Wildman–Crippen LogP) is 2.67. The summed E-state index contributed by atoms with van der Waals surface area (Å²) < 4.78 is 21.6. The number of hydrogen-bond donors (Lipinski definition) is 1. The maximum absolute atomic E-state index is 14.1. The molecular formula is C14H17FN4O. The maximum Gasteiger partial charge on any atom is 0.224 e. The van der Waals surface area contributed by atoms with E-state index in [0.29, 0.717) is 29.2 Å². The molecule has 3 heterocycles. The number of hydrogen-bond acceptors (Lipinski definition) is 4. The zero-order chi connectivity index (χ0) is 14.1. The Hall–Kier alpha value is -1.95.